The van der Waals surface area contributed by atoms with E-state index in [0.717, 1.165) is 34.3 Å². The Labute approximate surface area is 252 Å². The van der Waals surface area contributed by atoms with Gasteiger partial charge in [0.2, 0.25) is 0 Å². The average Bonchev–Trinajstić information content (AvgIpc) is 3.24. The van der Waals surface area contributed by atoms with E-state index in [1.165, 1.54) is 12.1 Å². The molecule has 0 bridgehead atoms. The molecule has 228 valence electrons. The number of aromatic hydroxyl groups is 1. The molecule has 12 heteroatoms. The van der Waals surface area contributed by atoms with Crippen molar-refractivity contribution >= 4 is 28.6 Å². The van der Waals surface area contributed by atoms with Crippen LogP contribution in [0.2, 0.25) is 5.02 Å². The Hall–Kier alpha value is -3.86. The molecule has 0 saturated carbocycles. The maximum Gasteiger partial charge on any atom is 0.416 e. The predicted octanol–water partition coefficient (Wildman–Crippen LogP) is 6.82. The molecule has 8 nitrogen and oxygen atoms in total. The molecule has 3 heterocycles. The van der Waals surface area contributed by atoms with E-state index in [-0.39, 0.29) is 17.9 Å². The number of aryl methyl sites for hydroxylation is 1. The van der Waals surface area contributed by atoms with Crippen LogP contribution in [0.15, 0.2) is 42.5 Å². The number of ether oxygens (including phenoxy) is 1. The summed E-state index contributed by atoms with van der Waals surface area (Å²) in [6.07, 6.45) is -3.31. The van der Waals surface area contributed by atoms with E-state index in [0.29, 0.717) is 60.7 Å². The van der Waals surface area contributed by atoms with Gasteiger partial charge in [-0.2, -0.15) is 13.2 Å². The predicted molar refractivity (Wildman–Crippen MR) is 156 cm³/mol. The van der Waals surface area contributed by atoms with E-state index >= 15 is 0 Å². The van der Waals surface area contributed by atoms with Gasteiger partial charge in [0.25, 0.3) is 5.88 Å². The van der Waals surface area contributed by atoms with E-state index in [2.05, 4.69) is 10.3 Å². The number of rotatable bonds is 7. The Kier molecular flexibility index (Phi) is 8.30. The van der Waals surface area contributed by atoms with Crippen molar-refractivity contribution in [2.45, 2.75) is 65.3 Å². The minimum Gasteiger partial charge on any atom is -0.491 e. The zero-order chi connectivity index (χ0) is 31.1. The number of amides is 1. The van der Waals surface area contributed by atoms with Gasteiger partial charge in [0, 0.05) is 42.9 Å². The van der Waals surface area contributed by atoms with E-state index in [1.807, 2.05) is 45.9 Å². The van der Waals surface area contributed by atoms with Gasteiger partial charge in [0.05, 0.1) is 22.6 Å². The van der Waals surface area contributed by atoms with Gasteiger partial charge < -0.3 is 14.7 Å². The SMILES string of the molecule is CCc1nc2ccc(Cn3nnc(O)c3CC3CN(C(=O)OC(C)(C)C)C3)cc2c(Cl)c1Cc1ccc(C(F)(F)F)cc1. The van der Waals surface area contributed by atoms with Crippen molar-refractivity contribution in [3.63, 3.8) is 0 Å². The molecule has 0 radical (unpaired) electrons. The molecule has 1 saturated heterocycles. The average molecular weight is 616 g/mol. The first-order chi connectivity index (χ1) is 20.2. The van der Waals surface area contributed by atoms with Crippen LogP contribution in [0.1, 0.15) is 61.3 Å². The molecule has 1 aliphatic rings. The highest BCUT2D eigenvalue weighted by atomic mass is 35.5. The van der Waals surface area contributed by atoms with Gasteiger partial charge in [-0.25, -0.2) is 9.48 Å². The Morgan fingerprint density at radius 1 is 1.09 bits per heavy atom. The second-order valence-electron chi connectivity index (χ2n) is 11.9. The lowest BCUT2D eigenvalue weighted by atomic mass is 9.95. The summed E-state index contributed by atoms with van der Waals surface area (Å²) in [7, 11) is 0. The molecule has 43 heavy (non-hydrogen) atoms. The number of pyridine rings is 1. The number of alkyl halides is 3. The summed E-state index contributed by atoms with van der Waals surface area (Å²) in [6, 6.07) is 10.8. The van der Waals surface area contributed by atoms with Crippen molar-refractivity contribution in [2.75, 3.05) is 13.1 Å². The van der Waals surface area contributed by atoms with Crippen LogP contribution < -0.4 is 0 Å². The first kappa shape index (κ1) is 30.6. The van der Waals surface area contributed by atoms with Gasteiger partial charge in [0.15, 0.2) is 0 Å². The molecule has 0 atom stereocenters. The molecule has 1 aliphatic heterocycles. The number of hydrogen-bond acceptors (Lipinski definition) is 6. The summed E-state index contributed by atoms with van der Waals surface area (Å²) < 4.78 is 46.1. The van der Waals surface area contributed by atoms with Crippen molar-refractivity contribution in [1.29, 1.82) is 0 Å². The Morgan fingerprint density at radius 2 is 1.77 bits per heavy atom. The number of halogens is 4. The maximum absolute atomic E-state index is 13.0. The van der Waals surface area contributed by atoms with Crippen molar-refractivity contribution in [2.24, 2.45) is 5.92 Å². The van der Waals surface area contributed by atoms with Gasteiger partial charge >= 0.3 is 12.3 Å². The zero-order valence-corrected chi connectivity index (χ0v) is 25.1. The van der Waals surface area contributed by atoms with Crippen molar-refractivity contribution in [3.05, 3.63) is 81.1 Å². The van der Waals surface area contributed by atoms with Gasteiger partial charge in [-0.15, -0.1) is 0 Å². The van der Waals surface area contributed by atoms with Gasteiger partial charge in [-0.05, 0) is 68.1 Å². The first-order valence-corrected chi connectivity index (χ1v) is 14.4. The van der Waals surface area contributed by atoms with Crippen LogP contribution >= 0.6 is 11.6 Å². The lowest BCUT2D eigenvalue weighted by Gasteiger charge is -2.39. The number of fused-ring (bicyclic) bond motifs is 1. The second-order valence-corrected chi connectivity index (χ2v) is 12.3. The Morgan fingerprint density at radius 3 is 2.40 bits per heavy atom. The van der Waals surface area contributed by atoms with Crippen molar-refractivity contribution < 1.29 is 27.8 Å². The first-order valence-electron chi connectivity index (χ1n) is 14.1. The normalized spacial score (nSPS) is 14.3. The molecule has 5 rings (SSSR count). The maximum atomic E-state index is 13.0. The molecule has 1 amide bonds. The molecule has 1 N–H and O–H groups in total. The van der Waals surface area contributed by atoms with Crippen LogP contribution in [0.25, 0.3) is 10.9 Å². The second kappa shape index (κ2) is 11.7. The minimum atomic E-state index is -4.40. The summed E-state index contributed by atoms with van der Waals surface area (Å²) in [5, 5.41) is 19.6. The van der Waals surface area contributed by atoms with Crippen LogP contribution in [-0.2, 0) is 36.7 Å². The lowest BCUT2D eigenvalue weighted by Crippen LogP contribution is -2.52. The van der Waals surface area contributed by atoms with E-state index < -0.39 is 17.3 Å². The van der Waals surface area contributed by atoms with Crippen LogP contribution in [-0.4, -0.2) is 54.8 Å². The number of carbonyl (C=O) groups is 1. The molecular weight excluding hydrogens is 583 g/mol. The van der Waals surface area contributed by atoms with E-state index in [4.69, 9.17) is 21.3 Å². The largest absolute Gasteiger partial charge is 0.491 e. The van der Waals surface area contributed by atoms with Gasteiger partial charge in [0.1, 0.15) is 11.3 Å². The molecule has 4 aromatic rings. The van der Waals surface area contributed by atoms with Crippen molar-refractivity contribution in [1.82, 2.24) is 24.9 Å². The smallest absolute Gasteiger partial charge is 0.416 e. The molecule has 2 aromatic carbocycles. The number of nitrogens with zero attached hydrogens (tertiary/aromatic N) is 5. The fourth-order valence-electron chi connectivity index (χ4n) is 5.21. The number of carbonyl (C=O) groups excluding carboxylic acids is 1. The molecule has 0 aliphatic carbocycles. The highest BCUT2D eigenvalue weighted by Crippen LogP contribution is 2.34. The third-order valence-electron chi connectivity index (χ3n) is 7.40. The lowest BCUT2D eigenvalue weighted by molar-refractivity contribution is -0.137. The molecular formula is C31H33ClF3N5O3. The third kappa shape index (κ3) is 6.87. The standard InChI is InChI=1S/C31H33ClF3N5O3/c1-5-24-22(12-18-6-9-21(10-7-18)31(33,34)35)27(32)23-13-19(8-11-25(23)36-24)17-40-26(28(41)37-38-40)14-20-15-39(16-20)29(42)43-30(2,3)4/h6-11,13,20,41H,5,12,14-17H2,1-4H3. The number of aromatic nitrogens is 4. The summed E-state index contributed by atoms with van der Waals surface area (Å²) in [5.41, 5.74) is 3.13. The summed E-state index contributed by atoms with van der Waals surface area (Å²) in [4.78, 5) is 18.7. The van der Waals surface area contributed by atoms with E-state index in [1.54, 1.807) is 9.58 Å². The van der Waals surface area contributed by atoms with Gasteiger partial charge in [-0.1, -0.05) is 47.0 Å². The minimum absolute atomic E-state index is 0.131. The Balaban J connectivity index is 1.34. The fraction of sp³-hybridized carbons (Fsp3) is 0.419. The summed E-state index contributed by atoms with van der Waals surface area (Å²) in [5.74, 6) is -0.0197. The number of likely N-dealkylation sites (tertiary alicyclic amines) is 1. The van der Waals surface area contributed by atoms with Crippen LogP contribution in [0.3, 0.4) is 0 Å². The molecule has 0 spiro atoms. The van der Waals surface area contributed by atoms with Crippen LogP contribution in [0, 0.1) is 5.92 Å². The quantitative estimate of drug-likeness (QED) is 0.245. The van der Waals surface area contributed by atoms with E-state index in [9.17, 15) is 23.1 Å². The monoisotopic (exact) mass is 615 g/mol. The van der Waals surface area contributed by atoms with Crippen LogP contribution in [0.4, 0.5) is 18.0 Å². The summed E-state index contributed by atoms with van der Waals surface area (Å²) in [6.45, 7) is 8.77. The molecule has 2 aromatic heterocycles. The number of hydrogen-bond donors (Lipinski definition) is 1. The van der Waals surface area contributed by atoms with Crippen molar-refractivity contribution in [3.8, 4) is 5.88 Å². The Bertz CT molecular complexity index is 1640. The summed E-state index contributed by atoms with van der Waals surface area (Å²) >= 11 is 6.93. The number of benzene rings is 2. The van der Waals surface area contributed by atoms with Gasteiger partial charge in [-0.3, -0.25) is 4.98 Å². The molecule has 1 fully saturated rings. The fourth-order valence-corrected chi connectivity index (χ4v) is 5.54. The topological polar surface area (TPSA) is 93.4 Å². The zero-order valence-electron chi connectivity index (χ0n) is 24.4. The molecule has 0 unspecified atom stereocenters. The van der Waals surface area contributed by atoms with Crippen LogP contribution in [0.5, 0.6) is 5.88 Å². The third-order valence-corrected chi connectivity index (χ3v) is 7.84. The highest BCUT2D eigenvalue weighted by molar-refractivity contribution is 6.36. The highest BCUT2D eigenvalue weighted by Gasteiger charge is 2.35.